The van der Waals surface area contributed by atoms with Crippen molar-refractivity contribution in [1.82, 2.24) is 4.90 Å². The van der Waals surface area contributed by atoms with Crippen LogP contribution in [0, 0.1) is 5.82 Å². The highest BCUT2D eigenvalue weighted by molar-refractivity contribution is 7.91. The van der Waals surface area contributed by atoms with Gasteiger partial charge in [0.2, 0.25) is 0 Å². The minimum atomic E-state index is -3.59. The molecule has 1 aliphatic rings. The summed E-state index contributed by atoms with van der Waals surface area (Å²) in [4.78, 5) is 14.4. The highest BCUT2D eigenvalue weighted by atomic mass is 32.2. The molecule has 1 heterocycles. The molecule has 0 radical (unpaired) electrons. The van der Waals surface area contributed by atoms with E-state index in [1.165, 1.54) is 37.3 Å². The molecule has 0 spiro atoms. The van der Waals surface area contributed by atoms with Crippen molar-refractivity contribution >= 4 is 15.7 Å². The number of carbonyl (C=O) groups is 1. The number of nitrogens with zero attached hydrogens (tertiary/aromatic N) is 1. The Morgan fingerprint density at radius 1 is 1.07 bits per heavy atom. The van der Waals surface area contributed by atoms with E-state index in [1.54, 1.807) is 24.3 Å². The molecule has 0 aromatic heterocycles. The normalized spacial score (nSPS) is 19.0. The van der Waals surface area contributed by atoms with E-state index in [0.29, 0.717) is 17.1 Å². The fourth-order valence-electron chi connectivity index (χ4n) is 3.38. The van der Waals surface area contributed by atoms with Crippen molar-refractivity contribution < 1.29 is 27.1 Å². The number of hydrogen-bond acceptors (Lipinski definition) is 5. The van der Waals surface area contributed by atoms with Crippen molar-refractivity contribution in [3.05, 3.63) is 59.4 Å². The van der Waals surface area contributed by atoms with Gasteiger partial charge in [-0.15, -0.1) is 0 Å². The maximum absolute atomic E-state index is 14.2. The number of rotatable bonds is 4. The van der Waals surface area contributed by atoms with Crippen molar-refractivity contribution in [2.45, 2.75) is 11.7 Å². The molecule has 1 amide bonds. The van der Waals surface area contributed by atoms with Crippen molar-refractivity contribution in [2.24, 2.45) is 0 Å². The van der Waals surface area contributed by atoms with Crippen LogP contribution in [-0.2, 0) is 9.84 Å². The smallest absolute Gasteiger partial charge is 0.254 e. The lowest BCUT2D eigenvalue weighted by molar-refractivity contribution is 0.0766. The maximum atomic E-state index is 14.2. The van der Waals surface area contributed by atoms with Gasteiger partial charge in [-0.2, -0.15) is 0 Å². The number of amides is 1. The summed E-state index contributed by atoms with van der Waals surface area (Å²) in [5.41, 5.74) is 0.530. The Labute approximate surface area is 163 Å². The molecule has 1 fully saturated rings. The first kappa shape index (κ1) is 20.1. The summed E-state index contributed by atoms with van der Waals surface area (Å²) in [5.74, 6) is -0.149. The van der Waals surface area contributed by atoms with Gasteiger partial charge in [0.25, 0.3) is 5.91 Å². The minimum Gasteiger partial charge on any atom is -0.493 e. The lowest BCUT2D eigenvalue weighted by Crippen LogP contribution is -2.33. The van der Waals surface area contributed by atoms with Crippen LogP contribution in [0.3, 0.4) is 0 Å². The van der Waals surface area contributed by atoms with Crippen molar-refractivity contribution in [2.75, 3.05) is 33.1 Å². The van der Waals surface area contributed by atoms with Gasteiger partial charge in [0.15, 0.2) is 21.3 Å². The monoisotopic (exact) mass is 407 g/mol. The van der Waals surface area contributed by atoms with Crippen molar-refractivity contribution in [3.8, 4) is 11.5 Å². The lowest BCUT2D eigenvalue weighted by Gasteiger charge is -2.20. The molecular weight excluding hydrogens is 385 g/mol. The molecule has 8 heteroatoms. The van der Waals surface area contributed by atoms with Gasteiger partial charge in [-0.05, 0) is 30.7 Å². The number of hydrogen-bond donors (Lipinski definition) is 0. The zero-order chi connectivity index (χ0) is 20.3. The summed E-state index contributed by atoms with van der Waals surface area (Å²) < 4.78 is 50.0. The summed E-state index contributed by atoms with van der Waals surface area (Å²) in [6.45, 7) is 0.270. The molecule has 1 atom stereocenters. The van der Waals surface area contributed by atoms with E-state index in [2.05, 4.69) is 0 Å². The molecule has 0 N–H and O–H groups in total. The van der Waals surface area contributed by atoms with Crippen LogP contribution in [0.15, 0.2) is 42.5 Å². The second-order valence-electron chi connectivity index (χ2n) is 6.53. The van der Waals surface area contributed by atoms with Crippen LogP contribution in [0.4, 0.5) is 4.39 Å². The van der Waals surface area contributed by atoms with Crippen molar-refractivity contribution in [3.63, 3.8) is 0 Å². The largest absolute Gasteiger partial charge is 0.493 e. The molecule has 6 nitrogen and oxygen atoms in total. The average Bonchev–Trinajstić information content (AvgIpc) is 2.85. The molecule has 0 saturated carbocycles. The minimum absolute atomic E-state index is 0.0560. The van der Waals surface area contributed by atoms with E-state index in [0.717, 1.165) is 0 Å². The van der Waals surface area contributed by atoms with Crippen LogP contribution in [0.2, 0.25) is 0 Å². The molecule has 28 heavy (non-hydrogen) atoms. The van der Waals surface area contributed by atoms with Crippen LogP contribution in [0.1, 0.15) is 27.6 Å². The summed E-state index contributed by atoms with van der Waals surface area (Å²) in [7, 11) is -0.609. The van der Waals surface area contributed by atoms with Gasteiger partial charge in [-0.3, -0.25) is 4.79 Å². The van der Waals surface area contributed by atoms with Crippen LogP contribution in [-0.4, -0.2) is 52.3 Å². The van der Waals surface area contributed by atoms with E-state index in [1.807, 2.05) is 0 Å². The van der Waals surface area contributed by atoms with Gasteiger partial charge in [-0.25, -0.2) is 12.8 Å². The van der Waals surface area contributed by atoms with Crippen LogP contribution in [0.25, 0.3) is 0 Å². The fraction of sp³-hybridized carbons (Fsp3) is 0.350. The van der Waals surface area contributed by atoms with E-state index in [4.69, 9.17) is 9.47 Å². The Bertz CT molecular complexity index is 976. The Kier molecular flexibility index (Phi) is 5.88. The van der Waals surface area contributed by atoms with Gasteiger partial charge in [0, 0.05) is 24.2 Å². The number of methoxy groups -OCH3 is 2. The third-order valence-electron chi connectivity index (χ3n) is 4.91. The quantitative estimate of drug-likeness (QED) is 0.779. The molecule has 1 saturated heterocycles. The SMILES string of the molecule is COc1ccc(C(=O)N2CCC(c3ccccc3F)S(=O)(=O)CC2)cc1OC. The molecule has 150 valence electrons. The second kappa shape index (κ2) is 8.18. The standard InChI is InChI=1S/C20H22FNO5S/c1-26-17-8-7-14(13-18(17)27-2)20(23)22-10-9-19(28(24,25)12-11-22)15-5-3-4-6-16(15)21/h3-8,13,19H,9-12H2,1-2H3. The van der Waals surface area contributed by atoms with E-state index >= 15 is 0 Å². The second-order valence-corrected chi connectivity index (χ2v) is 8.83. The molecular formula is C20H22FNO5S. The number of benzene rings is 2. The molecule has 1 unspecified atom stereocenters. The van der Waals surface area contributed by atoms with Crippen LogP contribution < -0.4 is 9.47 Å². The van der Waals surface area contributed by atoms with E-state index in [-0.39, 0.29) is 36.7 Å². The Balaban J connectivity index is 1.85. The predicted octanol–water partition coefficient (Wildman–Crippen LogP) is 2.84. The number of halogens is 1. The first-order valence-electron chi connectivity index (χ1n) is 8.84. The molecule has 2 aromatic carbocycles. The van der Waals surface area contributed by atoms with Gasteiger partial charge in [0.1, 0.15) is 5.82 Å². The Hall–Kier alpha value is -2.61. The number of sulfone groups is 1. The Morgan fingerprint density at radius 3 is 2.46 bits per heavy atom. The first-order chi connectivity index (χ1) is 13.4. The predicted molar refractivity (Wildman–Crippen MR) is 103 cm³/mol. The van der Waals surface area contributed by atoms with Crippen LogP contribution >= 0.6 is 0 Å². The van der Waals surface area contributed by atoms with Gasteiger partial charge >= 0.3 is 0 Å². The summed E-state index contributed by atoms with van der Waals surface area (Å²) >= 11 is 0. The summed E-state index contributed by atoms with van der Waals surface area (Å²) in [6.07, 6.45) is 0.141. The Morgan fingerprint density at radius 2 is 1.79 bits per heavy atom. The maximum Gasteiger partial charge on any atom is 0.254 e. The highest BCUT2D eigenvalue weighted by Crippen LogP contribution is 2.32. The molecule has 1 aliphatic heterocycles. The zero-order valence-electron chi connectivity index (χ0n) is 15.7. The molecule has 0 aliphatic carbocycles. The first-order valence-corrected chi connectivity index (χ1v) is 10.6. The van der Waals surface area contributed by atoms with Crippen LogP contribution in [0.5, 0.6) is 11.5 Å². The fourth-order valence-corrected chi connectivity index (χ4v) is 5.19. The van der Waals surface area contributed by atoms with E-state index in [9.17, 15) is 17.6 Å². The number of carbonyl (C=O) groups excluding carboxylic acids is 1. The van der Waals surface area contributed by atoms with Gasteiger partial charge in [0.05, 0.1) is 25.2 Å². The highest BCUT2D eigenvalue weighted by Gasteiger charge is 2.34. The number of ether oxygens (including phenoxy) is 2. The van der Waals surface area contributed by atoms with Gasteiger partial charge in [-0.1, -0.05) is 18.2 Å². The lowest BCUT2D eigenvalue weighted by atomic mass is 10.1. The topological polar surface area (TPSA) is 72.9 Å². The molecule has 3 rings (SSSR count). The summed E-state index contributed by atoms with van der Waals surface area (Å²) in [5, 5.41) is -0.961. The molecule has 2 aromatic rings. The van der Waals surface area contributed by atoms with Gasteiger partial charge < -0.3 is 14.4 Å². The average molecular weight is 407 g/mol. The molecule has 0 bridgehead atoms. The third kappa shape index (κ3) is 3.96. The zero-order valence-corrected chi connectivity index (χ0v) is 16.5. The summed E-state index contributed by atoms with van der Waals surface area (Å²) in [6, 6.07) is 10.7. The van der Waals surface area contributed by atoms with E-state index < -0.39 is 20.9 Å². The third-order valence-corrected chi connectivity index (χ3v) is 7.02. The van der Waals surface area contributed by atoms with Crippen molar-refractivity contribution in [1.29, 1.82) is 0 Å².